The molecule has 1 aliphatic heterocycles. The molecule has 0 aromatic carbocycles. The summed E-state index contributed by atoms with van der Waals surface area (Å²) < 4.78 is 5.32. The summed E-state index contributed by atoms with van der Waals surface area (Å²) >= 11 is 1.78. The number of aromatic nitrogens is 2. The van der Waals surface area contributed by atoms with E-state index in [9.17, 15) is 4.79 Å². The molecule has 20 heavy (non-hydrogen) atoms. The number of hydrogen-bond donors (Lipinski definition) is 3. The maximum Gasteiger partial charge on any atom is 0.221 e. The van der Waals surface area contributed by atoms with Crippen LogP contribution in [0.15, 0.2) is 6.33 Å². The number of H-pyrrole nitrogens is 1. The zero-order chi connectivity index (χ0) is 14.2. The molecule has 0 radical (unpaired) electrons. The number of carbonyl (C=O) groups excluding carboxylic acids is 1. The van der Waals surface area contributed by atoms with Gasteiger partial charge in [-0.2, -0.15) is 11.8 Å². The van der Waals surface area contributed by atoms with E-state index in [0.29, 0.717) is 19.6 Å². The van der Waals surface area contributed by atoms with Gasteiger partial charge in [-0.15, -0.1) is 0 Å². The topological polar surface area (TPSA) is 79.0 Å². The zero-order valence-corrected chi connectivity index (χ0v) is 12.6. The SMILES string of the molecule is Cc1[nH]cnc1CSCCNC(=O)CC1COCCN1. The summed E-state index contributed by atoms with van der Waals surface area (Å²) in [4.78, 5) is 19.0. The Bertz CT molecular complexity index is 418. The third kappa shape index (κ3) is 5.15. The van der Waals surface area contributed by atoms with E-state index >= 15 is 0 Å². The molecule has 2 heterocycles. The first kappa shape index (κ1) is 15.3. The summed E-state index contributed by atoms with van der Waals surface area (Å²) in [6.07, 6.45) is 2.20. The molecule has 0 bridgehead atoms. The summed E-state index contributed by atoms with van der Waals surface area (Å²) in [5, 5.41) is 6.21. The van der Waals surface area contributed by atoms with Gasteiger partial charge >= 0.3 is 0 Å². The average molecular weight is 298 g/mol. The molecule has 1 saturated heterocycles. The lowest BCUT2D eigenvalue weighted by Gasteiger charge is -2.23. The molecule has 1 unspecified atom stereocenters. The van der Waals surface area contributed by atoms with Crippen LogP contribution >= 0.6 is 11.8 Å². The van der Waals surface area contributed by atoms with Gasteiger partial charge in [-0.1, -0.05) is 0 Å². The van der Waals surface area contributed by atoms with Gasteiger partial charge in [0.25, 0.3) is 0 Å². The number of nitrogens with one attached hydrogen (secondary N) is 3. The lowest BCUT2D eigenvalue weighted by Crippen LogP contribution is -2.44. The van der Waals surface area contributed by atoms with E-state index in [1.807, 2.05) is 6.92 Å². The molecular weight excluding hydrogens is 276 g/mol. The van der Waals surface area contributed by atoms with Crippen LogP contribution in [0.4, 0.5) is 0 Å². The van der Waals surface area contributed by atoms with Gasteiger partial charge in [0.15, 0.2) is 0 Å². The minimum Gasteiger partial charge on any atom is -0.378 e. The second kappa shape index (κ2) is 8.28. The smallest absolute Gasteiger partial charge is 0.221 e. The molecule has 0 aliphatic carbocycles. The maximum atomic E-state index is 11.7. The predicted molar refractivity (Wildman–Crippen MR) is 79.7 cm³/mol. The Balaban J connectivity index is 1.52. The number of rotatable bonds is 7. The van der Waals surface area contributed by atoms with Gasteiger partial charge in [-0.05, 0) is 6.92 Å². The predicted octanol–water partition coefficient (Wildman–Crippen LogP) is 0.446. The summed E-state index contributed by atoms with van der Waals surface area (Å²) in [6.45, 7) is 4.91. The zero-order valence-electron chi connectivity index (χ0n) is 11.8. The quantitative estimate of drug-likeness (QED) is 0.637. The fraction of sp³-hybridized carbons (Fsp3) is 0.692. The van der Waals surface area contributed by atoms with Gasteiger partial charge in [0.05, 0.1) is 25.2 Å². The number of nitrogens with zero attached hydrogens (tertiary/aromatic N) is 1. The van der Waals surface area contributed by atoms with Crippen molar-refractivity contribution in [2.75, 3.05) is 32.1 Å². The highest BCUT2D eigenvalue weighted by Gasteiger charge is 2.16. The van der Waals surface area contributed by atoms with Gasteiger partial charge in [0, 0.05) is 42.8 Å². The van der Waals surface area contributed by atoms with E-state index in [4.69, 9.17) is 4.74 Å². The van der Waals surface area contributed by atoms with Crippen molar-refractivity contribution in [2.24, 2.45) is 0 Å². The molecule has 0 saturated carbocycles. The number of amides is 1. The average Bonchev–Trinajstić information content (AvgIpc) is 2.85. The molecular formula is C13H22N4O2S. The van der Waals surface area contributed by atoms with Crippen molar-refractivity contribution in [1.82, 2.24) is 20.6 Å². The van der Waals surface area contributed by atoms with Crippen molar-refractivity contribution in [3.8, 4) is 0 Å². The minimum absolute atomic E-state index is 0.0875. The molecule has 1 aromatic heterocycles. The van der Waals surface area contributed by atoms with Crippen LogP contribution in [0.3, 0.4) is 0 Å². The van der Waals surface area contributed by atoms with E-state index in [1.54, 1.807) is 18.1 Å². The standard InChI is InChI=1S/C13H22N4O2S/c1-10-12(17-9-16-10)8-20-5-3-15-13(18)6-11-7-19-4-2-14-11/h9,11,14H,2-8H2,1H3,(H,15,18)(H,16,17). The molecule has 0 spiro atoms. The first-order valence-electron chi connectivity index (χ1n) is 6.90. The van der Waals surface area contributed by atoms with Crippen molar-refractivity contribution in [3.63, 3.8) is 0 Å². The number of carbonyl (C=O) groups is 1. The monoisotopic (exact) mass is 298 g/mol. The lowest BCUT2D eigenvalue weighted by molar-refractivity contribution is -0.122. The molecule has 7 heteroatoms. The summed E-state index contributed by atoms with van der Waals surface area (Å²) in [6, 6.07) is 0.156. The normalized spacial score (nSPS) is 18.9. The van der Waals surface area contributed by atoms with Crippen LogP contribution in [0.5, 0.6) is 0 Å². The van der Waals surface area contributed by atoms with Crippen LogP contribution in [0.25, 0.3) is 0 Å². The van der Waals surface area contributed by atoms with Crippen molar-refractivity contribution >= 4 is 17.7 Å². The third-order valence-electron chi connectivity index (χ3n) is 3.17. The van der Waals surface area contributed by atoms with E-state index in [-0.39, 0.29) is 11.9 Å². The van der Waals surface area contributed by atoms with Crippen molar-refractivity contribution in [3.05, 3.63) is 17.7 Å². The van der Waals surface area contributed by atoms with Crippen molar-refractivity contribution < 1.29 is 9.53 Å². The first-order chi connectivity index (χ1) is 9.75. The highest BCUT2D eigenvalue weighted by atomic mass is 32.2. The minimum atomic E-state index is 0.0875. The molecule has 1 aliphatic rings. The number of morpholine rings is 1. The Hall–Kier alpha value is -1.05. The Labute approximate surface area is 123 Å². The first-order valence-corrected chi connectivity index (χ1v) is 8.05. The van der Waals surface area contributed by atoms with E-state index < -0.39 is 0 Å². The second-order valence-corrected chi connectivity index (χ2v) is 5.91. The fourth-order valence-corrected chi connectivity index (χ4v) is 2.89. The Morgan fingerprint density at radius 3 is 3.25 bits per heavy atom. The molecule has 112 valence electrons. The van der Waals surface area contributed by atoms with Crippen molar-refractivity contribution in [1.29, 1.82) is 0 Å². The number of thioether (sulfide) groups is 1. The largest absolute Gasteiger partial charge is 0.378 e. The summed E-state index contributed by atoms with van der Waals surface area (Å²) in [5.74, 6) is 1.86. The third-order valence-corrected chi connectivity index (χ3v) is 4.14. The van der Waals surface area contributed by atoms with Crippen LogP contribution in [0.1, 0.15) is 17.8 Å². The van der Waals surface area contributed by atoms with Crippen LogP contribution in [-0.2, 0) is 15.3 Å². The summed E-state index contributed by atoms with van der Waals surface area (Å²) in [7, 11) is 0. The van der Waals surface area contributed by atoms with Gasteiger partial charge in [0.2, 0.25) is 5.91 Å². The molecule has 1 aromatic rings. The van der Waals surface area contributed by atoms with Crippen molar-refractivity contribution in [2.45, 2.75) is 25.1 Å². The van der Waals surface area contributed by atoms with E-state index in [1.165, 1.54) is 0 Å². The van der Waals surface area contributed by atoms with Gasteiger partial charge in [-0.25, -0.2) is 4.98 Å². The van der Waals surface area contributed by atoms with E-state index in [2.05, 4.69) is 20.6 Å². The highest BCUT2D eigenvalue weighted by molar-refractivity contribution is 7.98. The van der Waals surface area contributed by atoms with Crippen LogP contribution in [0.2, 0.25) is 0 Å². The molecule has 2 rings (SSSR count). The Morgan fingerprint density at radius 2 is 2.55 bits per heavy atom. The van der Waals surface area contributed by atoms with Crippen LogP contribution < -0.4 is 10.6 Å². The number of ether oxygens (including phenoxy) is 1. The molecule has 3 N–H and O–H groups in total. The lowest BCUT2D eigenvalue weighted by atomic mass is 10.2. The molecule has 1 atom stereocenters. The number of aromatic amines is 1. The van der Waals surface area contributed by atoms with Crippen LogP contribution in [-0.4, -0.2) is 54.0 Å². The highest BCUT2D eigenvalue weighted by Crippen LogP contribution is 2.11. The maximum absolute atomic E-state index is 11.7. The number of aryl methyl sites for hydroxylation is 1. The molecule has 1 fully saturated rings. The number of hydrogen-bond acceptors (Lipinski definition) is 5. The molecule has 1 amide bonds. The number of imidazole rings is 1. The molecule has 6 nitrogen and oxygen atoms in total. The van der Waals surface area contributed by atoms with Crippen LogP contribution in [0, 0.1) is 6.92 Å². The van der Waals surface area contributed by atoms with E-state index in [0.717, 1.165) is 36.0 Å². The Kier molecular flexibility index (Phi) is 6.35. The van der Waals surface area contributed by atoms with Gasteiger partial charge < -0.3 is 20.4 Å². The fourth-order valence-electron chi connectivity index (χ4n) is 2.01. The Morgan fingerprint density at radius 1 is 1.65 bits per heavy atom. The van der Waals surface area contributed by atoms with Gasteiger partial charge in [-0.3, -0.25) is 4.79 Å². The second-order valence-electron chi connectivity index (χ2n) is 4.81. The van der Waals surface area contributed by atoms with Gasteiger partial charge in [0.1, 0.15) is 0 Å². The summed E-state index contributed by atoms with van der Waals surface area (Å²) in [5.41, 5.74) is 2.20.